The van der Waals surface area contributed by atoms with Gasteiger partial charge in [0.25, 0.3) is 0 Å². The minimum atomic E-state index is 0.805. The van der Waals surface area contributed by atoms with Gasteiger partial charge in [0.15, 0.2) is 0 Å². The molecule has 0 aliphatic heterocycles. The Hall–Kier alpha value is 0.283. The van der Waals surface area contributed by atoms with Crippen LogP contribution in [0.3, 0.4) is 0 Å². The van der Waals surface area contributed by atoms with Gasteiger partial charge in [-0.2, -0.15) is 30.3 Å². The molecule has 1 aliphatic rings. The molecule has 3 heteroatoms. The molecule has 0 aromatic heterocycles. The zero-order chi connectivity index (χ0) is 12.5. The molecule has 1 aliphatic carbocycles. The van der Waals surface area contributed by atoms with E-state index in [0.29, 0.717) is 0 Å². The van der Waals surface area contributed by atoms with Gasteiger partial charge in [-0.05, 0) is 26.4 Å². The summed E-state index contributed by atoms with van der Waals surface area (Å²) < 4.78 is 0. The number of halogens is 1. The van der Waals surface area contributed by atoms with E-state index in [0.717, 1.165) is 12.6 Å². The van der Waals surface area contributed by atoms with E-state index in [4.69, 9.17) is 0 Å². The van der Waals surface area contributed by atoms with Crippen LogP contribution in [0, 0.1) is 6.07 Å². The van der Waals surface area contributed by atoms with Crippen LogP contribution in [0.5, 0.6) is 0 Å². The SMILES string of the molecule is CN(Cc1c[c-]ccc1)C1CCCCC1.[Zn+][Br]. The molecule has 0 atom stereocenters. The number of hydrogen-bond acceptors (Lipinski definition) is 1. The summed E-state index contributed by atoms with van der Waals surface area (Å²) in [6.07, 6.45) is 7.02. The van der Waals surface area contributed by atoms with Crippen LogP contribution in [0.25, 0.3) is 0 Å². The van der Waals surface area contributed by atoms with Gasteiger partial charge in [-0.3, -0.25) is 0 Å². The van der Waals surface area contributed by atoms with Crippen molar-refractivity contribution in [2.75, 3.05) is 7.05 Å². The van der Waals surface area contributed by atoms with Crippen LogP contribution >= 0.6 is 13.6 Å². The maximum absolute atomic E-state index is 3.14. The van der Waals surface area contributed by atoms with Gasteiger partial charge in [0.2, 0.25) is 0 Å². The zero-order valence-corrected chi connectivity index (χ0v) is 15.2. The monoisotopic (exact) mass is 345 g/mol. The van der Waals surface area contributed by atoms with Gasteiger partial charge in [-0.1, -0.05) is 19.3 Å². The van der Waals surface area contributed by atoms with Crippen molar-refractivity contribution in [1.29, 1.82) is 0 Å². The molecule has 0 heterocycles. The normalized spacial score (nSPS) is 16.5. The molecule has 0 bridgehead atoms. The predicted octanol–water partition coefficient (Wildman–Crippen LogP) is 4.09. The Morgan fingerprint density at radius 1 is 1.35 bits per heavy atom. The molecule has 17 heavy (non-hydrogen) atoms. The molecule has 2 rings (SSSR count). The van der Waals surface area contributed by atoms with Crippen LogP contribution in [-0.2, 0) is 22.9 Å². The first-order valence-corrected chi connectivity index (χ1v) is 13.2. The fraction of sp³-hybridized carbons (Fsp3) is 0.571. The first-order valence-electron chi connectivity index (χ1n) is 6.28. The Morgan fingerprint density at radius 3 is 2.65 bits per heavy atom. The average molecular weight is 348 g/mol. The number of benzene rings is 1. The van der Waals surface area contributed by atoms with E-state index in [2.05, 4.69) is 49.8 Å². The number of nitrogens with zero attached hydrogens (tertiary/aromatic N) is 1. The Labute approximate surface area is 122 Å². The molecule has 0 unspecified atom stereocenters. The molecule has 1 nitrogen and oxygen atoms in total. The van der Waals surface area contributed by atoms with E-state index < -0.39 is 0 Å². The second-order valence-electron chi connectivity index (χ2n) is 4.62. The van der Waals surface area contributed by atoms with Crippen LogP contribution in [0.2, 0.25) is 0 Å². The molecule has 1 saturated carbocycles. The second kappa shape index (κ2) is 9.24. The van der Waals surface area contributed by atoms with Gasteiger partial charge >= 0.3 is 30.0 Å². The Bertz CT molecular complexity index is 286. The van der Waals surface area contributed by atoms with Gasteiger partial charge in [0.05, 0.1) is 0 Å². The molecule has 1 aromatic carbocycles. The Morgan fingerprint density at radius 2 is 2.06 bits per heavy atom. The summed E-state index contributed by atoms with van der Waals surface area (Å²) in [5.74, 6) is 0. The van der Waals surface area contributed by atoms with E-state index in [1.54, 1.807) is 0 Å². The first kappa shape index (κ1) is 15.3. The maximum atomic E-state index is 3.14. The number of hydrogen-bond donors (Lipinski definition) is 0. The standard InChI is InChI=1S/C14H20N.BrH.Zn/c1-15(14-10-6-3-7-11-14)12-13-8-4-2-5-9-13;;/h2,4,8-9,14H,3,6-7,10-12H2,1H3;1H;/q-1;;+2/p-1. The summed E-state index contributed by atoms with van der Waals surface area (Å²) in [6.45, 7) is 1.07. The van der Waals surface area contributed by atoms with Gasteiger partial charge in [-0.25, -0.2) is 0 Å². The van der Waals surface area contributed by atoms with Crippen molar-refractivity contribution in [2.45, 2.75) is 44.7 Å². The fourth-order valence-electron chi connectivity index (χ4n) is 2.47. The minimum absolute atomic E-state index is 0.805. The van der Waals surface area contributed by atoms with Gasteiger partial charge in [-0.15, -0.1) is 5.56 Å². The number of rotatable bonds is 3. The van der Waals surface area contributed by atoms with E-state index in [-0.39, 0.29) is 0 Å². The third-order valence-corrected chi connectivity index (χ3v) is 3.40. The van der Waals surface area contributed by atoms with Crippen molar-refractivity contribution in [3.8, 4) is 0 Å². The summed E-state index contributed by atoms with van der Waals surface area (Å²) in [6, 6.07) is 12.3. The Balaban J connectivity index is 0.000000686. The molecule has 1 fully saturated rings. The molecule has 1 aromatic rings. The summed E-state index contributed by atoms with van der Waals surface area (Å²) in [5.41, 5.74) is 1.38. The zero-order valence-electron chi connectivity index (χ0n) is 10.7. The summed E-state index contributed by atoms with van der Waals surface area (Å²) in [5, 5.41) is 0. The van der Waals surface area contributed by atoms with Gasteiger partial charge in [0, 0.05) is 6.04 Å². The van der Waals surface area contributed by atoms with Crippen LogP contribution in [0.1, 0.15) is 37.7 Å². The quantitative estimate of drug-likeness (QED) is 0.588. The van der Waals surface area contributed by atoms with Crippen LogP contribution in [0.15, 0.2) is 24.3 Å². The molecular formula is C14H20BrNZn. The molecule has 0 amide bonds. The van der Waals surface area contributed by atoms with Crippen molar-refractivity contribution in [3.63, 3.8) is 0 Å². The third kappa shape index (κ3) is 5.63. The third-order valence-electron chi connectivity index (χ3n) is 3.40. The van der Waals surface area contributed by atoms with Crippen molar-refractivity contribution in [2.24, 2.45) is 0 Å². The van der Waals surface area contributed by atoms with E-state index in [9.17, 15) is 0 Å². The molecule has 0 saturated heterocycles. The predicted molar refractivity (Wildman–Crippen MR) is 72.5 cm³/mol. The van der Waals surface area contributed by atoms with Gasteiger partial charge in [0.1, 0.15) is 0 Å². The van der Waals surface area contributed by atoms with E-state index >= 15 is 0 Å². The molecule has 0 N–H and O–H groups in total. The van der Waals surface area contributed by atoms with Crippen LogP contribution in [0.4, 0.5) is 0 Å². The molecule has 0 radical (unpaired) electrons. The van der Waals surface area contributed by atoms with Crippen LogP contribution in [-0.4, -0.2) is 18.0 Å². The summed E-state index contributed by atoms with van der Waals surface area (Å²) in [4.78, 5) is 2.50. The van der Waals surface area contributed by atoms with Crippen LogP contribution < -0.4 is 0 Å². The molecular weight excluding hydrogens is 327 g/mol. The van der Waals surface area contributed by atoms with E-state index in [1.165, 1.54) is 54.0 Å². The summed E-state index contributed by atoms with van der Waals surface area (Å²) in [7, 11) is 2.25. The Kier molecular flexibility index (Phi) is 8.34. The fourth-order valence-corrected chi connectivity index (χ4v) is 2.47. The van der Waals surface area contributed by atoms with Crippen molar-refractivity contribution < 1.29 is 16.3 Å². The van der Waals surface area contributed by atoms with E-state index in [1.807, 2.05) is 6.07 Å². The summed E-state index contributed by atoms with van der Waals surface area (Å²) >= 11 is 4.25. The second-order valence-corrected chi connectivity index (χ2v) is 4.62. The van der Waals surface area contributed by atoms with Crippen molar-refractivity contribution >= 4 is 13.6 Å². The topological polar surface area (TPSA) is 3.24 Å². The molecule has 0 spiro atoms. The average Bonchev–Trinajstić information content (AvgIpc) is 2.43. The molecule has 90 valence electrons. The van der Waals surface area contributed by atoms with Crippen molar-refractivity contribution in [3.05, 3.63) is 35.9 Å². The van der Waals surface area contributed by atoms with Gasteiger partial charge < -0.3 is 4.90 Å². The first-order chi connectivity index (χ1) is 8.36. The van der Waals surface area contributed by atoms with Crippen molar-refractivity contribution in [1.82, 2.24) is 4.90 Å².